The van der Waals surface area contributed by atoms with Crippen molar-refractivity contribution in [3.8, 4) is 0 Å². The Labute approximate surface area is 143 Å². The molecular weight excluding hydrogens is 356 g/mol. The number of phosphoric ester groups is 1. The van der Waals surface area contributed by atoms with Gasteiger partial charge in [-0.05, 0) is 53.4 Å². The molecule has 0 aliphatic carbocycles. The van der Waals surface area contributed by atoms with E-state index >= 15 is 0 Å². The Morgan fingerprint density at radius 3 is 1.88 bits per heavy atom. The number of hydrogen-bond donors (Lipinski definition) is 3. The van der Waals surface area contributed by atoms with Gasteiger partial charge in [-0.15, -0.1) is 0 Å². The highest BCUT2D eigenvalue weighted by Gasteiger charge is 2.31. The molecule has 140 valence electrons. The van der Waals surface area contributed by atoms with Crippen molar-refractivity contribution in [2.75, 3.05) is 6.61 Å². The lowest BCUT2D eigenvalue weighted by Gasteiger charge is -2.11. The summed E-state index contributed by atoms with van der Waals surface area (Å²) in [6, 6.07) is 0. The van der Waals surface area contributed by atoms with Gasteiger partial charge in [0, 0.05) is 0 Å². The van der Waals surface area contributed by atoms with Crippen LogP contribution in [0.25, 0.3) is 0 Å². The summed E-state index contributed by atoms with van der Waals surface area (Å²) in [5, 5.41) is 0. The van der Waals surface area contributed by atoms with Crippen molar-refractivity contribution in [2.24, 2.45) is 0 Å². The maximum Gasteiger partial charge on any atom is 0.481 e. The highest BCUT2D eigenvalue weighted by Crippen LogP contribution is 2.57. The van der Waals surface area contributed by atoms with Crippen LogP contribution in [-0.4, -0.2) is 21.3 Å². The first-order chi connectivity index (χ1) is 10.9. The molecule has 0 fully saturated rings. The molecule has 24 heavy (non-hydrogen) atoms. The molecule has 0 saturated heterocycles. The Kier molecular flexibility index (Phi) is 10.9. The summed E-state index contributed by atoms with van der Waals surface area (Å²) in [4.78, 5) is 26.1. The molecule has 0 bridgehead atoms. The van der Waals surface area contributed by atoms with Gasteiger partial charge in [0.25, 0.3) is 0 Å². The van der Waals surface area contributed by atoms with Crippen LogP contribution < -0.4 is 0 Å². The Bertz CT molecular complexity index is 568. The second-order valence-electron chi connectivity index (χ2n) is 5.80. The summed E-state index contributed by atoms with van der Waals surface area (Å²) >= 11 is 0. The van der Waals surface area contributed by atoms with Crippen molar-refractivity contribution < 1.29 is 32.6 Å². The van der Waals surface area contributed by atoms with Gasteiger partial charge in [0.1, 0.15) is 0 Å². The molecule has 0 saturated carbocycles. The Balaban J connectivity index is 4.18. The fourth-order valence-corrected chi connectivity index (χ4v) is 3.30. The number of phosphoric acid groups is 2. The minimum Gasteiger partial charge on any atom is -0.302 e. The van der Waals surface area contributed by atoms with Gasteiger partial charge < -0.3 is 14.7 Å². The molecule has 0 heterocycles. The van der Waals surface area contributed by atoms with E-state index in [0.717, 1.165) is 31.3 Å². The molecule has 9 heteroatoms. The van der Waals surface area contributed by atoms with Crippen molar-refractivity contribution in [1.82, 2.24) is 0 Å². The summed E-state index contributed by atoms with van der Waals surface area (Å²) in [5.74, 6) is 0. The molecule has 0 aliphatic heterocycles. The van der Waals surface area contributed by atoms with E-state index in [1.807, 2.05) is 6.92 Å². The fourth-order valence-electron chi connectivity index (χ4n) is 1.77. The maximum atomic E-state index is 11.2. The van der Waals surface area contributed by atoms with Gasteiger partial charge in [-0.1, -0.05) is 34.9 Å². The lowest BCUT2D eigenvalue weighted by Crippen LogP contribution is -1.94. The highest BCUT2D eigenvalue weighted by atomic mass is 31.3. The van der Waals surface area contributed by atoms with Crippen molar-refractivity contribution in [3.63, 3.8) is 0 Å². The third kappa shape index (κ3) is 15.0. The van der Waals surface area contributed by atoms with Crippen molar-refractivity contribution in [1.29, 1.82) is 0 Å². The summed E-state index contributed by atoms with van der Waals surface area (Å²) in [7, 11) is -9.82. The minimum atomic E-state index is -5.07. The standard InChI is InChI=1S/C15H28O7P2/c1-13(2)7-5-8-14(3)9-6-10-15(4)11-12-21-24(19,20)22-23(16,17)18/h7,9,11H,5-6,8,10,12H2,1-4H3,(H,19,20)(H2,16,17,18)/b14-9+,15-11+/i9+1,15+1. The lowest BCUT2D eigenvalue weighted by atomic mass is 10.1. The maximum absolute atomic E-state index is 11.2. The molecule has 0 spiro atoms. The molecule has 7 nitrogen and oxygen atoms in total. The zero-order chi connectivity index (χ0) is 18.8. The lowest BCUT2D eigenvalue weighted by molar-refractivity contribution is 0.191. The summed E-state index contributed by atoms with van der Waals surface area (Å²) in [6.45, 7) is 7.82. The number of allylic oxidation sites excluding steroid dienone is 5. The molecular formula is C15H28O7P2. The Morgan fingerprint density at radius 2 is 1.38 bits per heavy atom. The van der Waals surface area contributed by atoms with Crippen molar-refractivity contribution >= 4 is 15.6 Å². The quantitative estimate of drug-likeness (QED) is 0.270. The van der Waals surface area contributed by atoms with Gasteiger partial charge in [-0.2, -0.15) is 4.31 Å². The fraction of sp³-hybridized carbons (Fsp3) is 0.600. The molecule has 0 aromatic heterocycles. The zero-order valence-electron chi connectivity index (χ0n) is 14.6. The highest BCUT2D eigenvalue weighted by molar-refractivity contribution is 7.60. The molecule has 0 aromatic rings. The van der Waals surface area contributed by atoms with E-state index in [2.05, 4.69) is 41.8 Å². The van der Waals surface area contributed by atoms with E-state index in [0.29, 0.717) is 0 Å². The third-order valence-electron chi connectivity index (χ3n) is 3.00. The van der Waals surface area contributed by atoms with Crippen LogP contribution in [0.3, 0.4) is 0 Å². The number of rotatable bonds is 11. The van der Waals surface area contributed by atoms with Crippen LogP contribution in [0, 0.1) is 0 Å². The smallest absolute Gasteiger partial charge is 0.302 e. The molecule has 0 radical (unpaired) electrons. The molecule has 0 amide bonds. The van der Waals surface area contributed by atoms with E-state index < -0.39 is 15.6 Å². The number of hydrogen-bond acceptors (Lipinski definition) is 4. The Morgan fingerprint density at radius 1 is 0.875 bits per heavy atom. The van der Waals surface area contributed by atoms with Gasteiger partial charge in [0.05, 0.1) is 6.61 Å². The molecule has 0 aliphatic rings. The van der Waals surface area contributed by atoms with Gasteiger partial charge >= 0.3 is 15.6 Å². The van der Waals surface area contributed by atoms with Gasteiger partial charge in [0.15, 0.2) is 0 Å². The average molecular weight is 384 g/mol. The molecule has 0 rings (SSSR count). The van der Waals surface area contributed by atoms with Crippen LogP contribution in [0.1, 0.15) is 53.4 Å². The predicted molar refractivity (Wildman–Crippen MR) is 94.3 cm³/mol. The monoisotopic (exact) mass is 384 g/mol. The molecule has 0 aromatic carbocycles. The third-order valence-corrected chi connectivity index (χ3v) is 5.15. The van der Waals surface area contributed by atoms with Crippen molar-refractivity contribution in [2.45, 2.75) is 53.4 Å². The Hall–Kier alpha value is -0.520. The summed E-state index contributed by atoms with van der Waals surface area (Å²) in [5.41, 5.74) is 3.57. The predicted octanol–water partition coefficient (Wildman–Crippen LogP) is 4.63. The molecule has 1 atom stereocenters. The second kappa shape index (κ2) is 11.2. The summed E-state index contributed by atoms with van der Waals surface area (Å²) < 4.78 is 29.9. The van der Waals surface area contributed by atoms with Gasteiger partial charge in [0.2, 0.25) is 0 Å². The van der Waals surface area contributed by atoms with Crippen LogP contribution in [0.4, 0.5) is 0 Å². The molecule has 3 N–H and O–H groups in total. The second-order valence-corrected chi connectivity index (χ2v) is 8.63. The average Bonchev–Trinajstić information content (AvgIpc) is 2.34. The zero-order valence-corrected chi connectivity index (χ0v) is 16.4. The largest absolute Gasteiger partial charge is 0.481 e. The molecule has 1 unspecified atom stereocenters. The van der Waals surface area contributed by atoms with Crippen molar-refractivity contribution in [3.05, 3.63) is 34.9 Å². The van der Waals surface area contributed by atoms with Gasteiger partial charge in [-0.3, -0.25) is 4.52 Å². The topological polar surface area (TPSA) is 113 Å². The van der Waals surface area contributed by atoms with E-state index in [9.17, 15) is 9.13 Å². The first-order valence-corrected chi connectivity index (χ1v) is 10.6. The summed E-state index contributed by atoms with van der Waals surface area (Å²) in [6.07, 6.45) is 9.59. The van der Waals surface area contributed by atoms with E-state index in [1.54, 1.807) is 6.08 Å². The van der Waals surface area contributed by atoms with Crippen LogP contribution >= 0.6 is 15.6 Å². The normalized spacial score (nSPS) is 16.0. The van der Waals surface area contributed by atoms with Crippen LogP contribution in [0.2, 0.25) is 0 Å². The first kappa shape index (κ1) is 23.5. The van der Waals surface area contributed by atoms with E-state index in [1.165, 1.54) is 11.1 Å². The van der Waals surface area contributed by atoms with E-state index in [-0.39, 0.29) is 6.61 Å². The minimum absolute atomic E-state index is 0.261. The van der Waals surface area contributed by atoms with E-state index in [4.69, 9.17) is 14.7 Å². The first-order valence-electron chi connectivity index (χ1n) is 7.60. The van der Waals surface area contributed by atoms with Crippen LogP contribution in [-0.2, 0) is 18.0 Å². The van der Waals surface area contributed by atoms with Crippen LogP contribution in [0.5, 0.6) is 0 Å². The van der Waals surface area contributed by atoms with Gasteiger partial charge in [-0.25, -0.2) is 9.13 Å². The SMILES string of the molecule is CC(C)=CCC/C(C)=[13CH]/CC/[13C](C)=C/COP(=O)(O)OP(=O)(O)O. The van der Waals surface area contributed by atoms with Crippen LogP contribution in [0.15, 0.2) is 34.9 Å².